The maximum atomic E-state index is 13.4. The summed E-state index contributed by atoms with van der Waals surface area (Å²) in [5.74, 6) is -2.53. The highest BCUT2D eigenvalue weighted by molar-refractivity contribution is 6.02. The van der Waals surface area contributed by atoms with Gasteiger partial charge in [0.05, 0.1) is 12.7 Å². The SMILES string of the molecule is O=C(Nc1cccnn1)c1cnc2ccc(N3CCC(F)(F)C3)nn12. The van der Waals surface area contributed by atoms with Crippen molar-refractivity contribution in [3.63, 3.8) is 0 Å². The van der Waals surface area contributed by atoms with Crippen LogP contribution in [0.4, 0.5) is 20.4 Å². The van der Waals surface area contributed by atoms with Crippen LogP contribution in [0.15, 0.2) is 36.7 Å². The second kappa shape index (κ2) is 5.72. The normalized spacial score (nSPS) is 16.3. The Bertz CT molecular complexity index is 928. The molecule has 0 aliphatic carbocycles. The maximum absolute atomic E-state index is 13.4. The predicted molar refractivity (Wildman–Crippen MR) is 84.7 cm³/mol. The van der Waals surface area contributed by atoms with Gasteiger partial charge in [0.15, 0.2) is 17.2 Å². The first-order valence-corrected chi connectivity index (χ1v) is 7.58. The summed E-state index contributed by atoms with van der Waals surface area (Å²) in [6.07, 6.45) is 2.65. The Labute approximate surface area is 140 Å². The number of aromatic nitrogens is 5. The topological polar surface area (TPSA) is 88.3 Å². The largest absolute Gasteiger partial charge is 0.349 e. The van der Waals surface area contributed by atoms with Crippen LogP contribution < -0.4 is 10.2 Å². The van der Waals surface area contributed by atoms with Crippen LogP contribution in [0.5, 0.6) is 0 Å². The quantitative estimate of drug-likeness (QED) is 0.776. The van der Waals surface area contributed by atoms with Crippen molar-refractivity contribution in [1.82, 2.24) is 24.8 Å². The molecule has 0 aromatic carbocycles. The van der Waals surface area contributed by atoms with Crippen LogP contribution in [0.25, 0.3) is 5.65 Å². The lowest BCUT2D eigenvalue weighted by atomic mass is 10.3. The van der Waals surface area contributed by atoms with Crippen molar-refractivity contribution < 1.29 is 13.6 Å². The van der Waals surface area contributed by atoms with Crippen molar-refractivity contribution >= 4 is 23.2 Å². The number of imidazole rings is 1. The lowest BCUT2D eigenvalue weighted by Gasteiger charge is -2.17. The Kier molecular flexibility index (Phi) is 3.52. The molecule has 0 bridgehead atoms. The molecule has 25 heavy (non-hydrogen) atoms. The molecule has 1 amide bonds. The molecule has 1 fully saturated rings. The minimum Gasteiger partial charge on any atom is -0.349 e. The molecule has 0 atom stereocenters. The van der Waals surface area contributed by atoms with E-state index >= 15 is 0 Å². The standard InChI is InChI=1S/C15H13F2N7O/c16-15(17)5-7-23(9-15)13-4-3-12-18-8-10(24(12)22-13)14(25)20-11-2-1-6-19-21-11/h1-4,6,8H,5,7,9H2,(H,20,21,25). The molecular formula is C15H13F2N7O. The maximum Gasteiger partial charge on any atom is 0.277 e. The van der Waals surface area contributed by atoms with E-state index in [0.29, 0.717) is 11.5 Å². The zero-order valence-electron chi connectivity index (χ0n) is 12.9. The van der Waals surface area contributed by atoms with Gasteiger partial charge in [-0.25, -0.2) is 18.3 Å². The van der Waals surface area contributed by atoms with Crippen LogP contribution in [-0.2, 0) is 0 Å². The second-order valence-corrected chi connectivity index (χ2v) is 5.70. The van der Waals surface area contributed by atoms with Crippen LogP contribution in [-0.4, -0.2) is 49.7 Å². The highest BCUT2D eigenvalue weighted by Crippen LogP contribution is 2.29. The summed E-state index contributed by atoms with van der Waals surface area (Å²) in [6, 6.07) is 6.49. The third-order valence-corrected chi connectivity index (χ3v) is 3.89. The summed E-state index contributed by atoms with van der Waals surface area (Å²) in [7, 11) is 0. The number of anilines is 2. The Balaban J connectivity index is 1.64. The fraction of sp³-hybridized carbons (Fsp3) is 0.267. The molecule has 0 spiro atoms. The van der Waals surface area contributed by atoms with E-state index < -0.39 is 11.8 Å². The second-order valence-electron chi connectivity index (χ2n) is 5.70. The van der Waals surface area contributed by atoms with E-state index in [2.05, 4.69) is 25.6 Å². The molecule has 4 heterocycles. The van der Waals surface area contributed by atoms with Crippen molar-refractivity contribution in [3.05, 3.63) is 42.4 Å². The van der Waals surface area contributed by atoms with Crippen molar-refractivity contribution in [3.8, 4) is 0 Å². The summed E-state index contributed by atoms with van der Waals surface area (Å²) in [6.45, 7) is -0.178. The van der Waals surface area contributed by atoms with Crippen LogP contribution in [0.3, 0.4) is 0 Å². The van der Waals surface area contributed by atoms with E-state index in [1.165, 1.54) is 21.8 Å². The number of fused-ring (bicyclic) bond motifs is 1. The highest BCUT2D eigenvalue weighted by Gasteiger charge is 2.38. The fourth-order valence-corrected chi connectivity index (χ4v) is 2.67. The van der Waals surface area contributed by atoms with Gasteiger partial charge in [0.2, 0.25) is 0 Å². The van der Waals surface area contributed by atoms with Crippen LogP contribution in [0, 0.1) is 0 Å². The van der Waals surface area contributed by atoms with Crippen molar-refractivity contribution in [2.24, 2.45) is 0 Å². The number of alkyl halides is 2. The molecule has 4 rings (SSSR count). The van der Waals surface area contributed by atoms with E-state index in [9.17, 15) is 13.6 Å². The van der Waals surface area contributed by atoms with Gasteiger partial charge < -0.3 is 10.2 Å². The van der Waals surface area contributed by atoms with Crippen LogP contribution in [0.1, 0.15) is 16.9 Å². The number of nitrogens with one attached hydrogen (secondary N) is 1. The number of nitrogens with zero attached hydrogens (tertiary/aromatic N) is 6. The average molecular weight is 345 g/mol. The lowest BCUT2D eigenvalue weighted by molar-refractivity contribution is 0.0256. The lowest BCUT2D eigenvalue weighted by Crippen LogP contribution is -2.26. The summed E-state index contributed by atoms with van der Waals surface area (Å²) < 4.78 is 28.2. The van der Waals surface area contributed by atoms with E-state index in [1.807, 2.05) is 0 Å². The molecule has 128 valence electrons. The first-order chi connectivity index (χ1) is 12.0. The summed E-state index contributed by atoms with van der Waals surface area (Å²) in [5, 5.41) is 14.3. The molecule has 1 saturated heterocycles. The summed E-state index contributed by atoms with van der Waals surface area (Å²) in [4.78, 5) is 18.0. The third-order valence-electron chi connectivity index (χ3n) is 3.89. The predicted octanol–water partition coefficient (Wildman–Crippen LogP) is 1.62. The number of carbonyl (C=O) groups excluding carboxylic acids is 1. The van der Waals surface area contributed by atoms with Gasteiger partial charge in [-0.3, -0.25) is 4.79 Å². The number of carbonyl (C=O) groups is 1. The summed E-state index contributed by atoms with van der Waals surface area (Å²) in [5.41, 5.74) is 0.618. The minimum atomic E-state index is -2.72. The number of amides is 1. The van der Waals surface area contributed by atoms with Gasteiger partial charge >= 0.3 is 0 Å². The zero-order chi connectivity index (χ0) is 17.4. The Morgan fingerprint density at radius 2 is 2.16 bits per heavy atom. The summed E-state index contributed by atoms with van der Waals surface area (Å²) >= 11 is 0. The van der Waals surface area contributed by atoms with Gasteiger partial charge in [0.25, 0.3) is 11.8 Å². The van der Waals surface area contributed by atoms with E-state index in [-0.39, 0.29) is 31.0 Å². The number of hydrogen-bond donors (Lipinski definition) is 1. The van der Waals surface area contributed by atoms with Gasteiger partial charge in [0.1, 0.15) is 5.82 Å². The first kappa shape index (κ1) is 15.4. The van der Waals surface area contributed by atoms with E-state index in [4.69, 9.17) is 0 Å². The minimum absolute atomic E-state index is 0.175. The fourth-order valence-electron chi connectivity index (χ4n) is 2.67. The first-order valence-electron chi connectivity index (χ1n) is 7.58. The molecule has 1 aliphatic rings. The van der Waals surface area contributed by atoms with Crippen LogP contribution >= 0.6 is 0 Å². The molecule has 10 heteroatoms. The van der Waals surface area contributed by atoms with Crippen LogP contribution in [0.2, 0.25) is 0 Å². The molecule has 3 aromatic heterocycles. The Morgan fingerprint density at radius 1 is 1.28 bits per heavy atom. The number of hydrogen-bond acceptors (Lipinski definition) is 6. The average Bonchev–Trinajstić information content (AvgIpc) is 3.18. The van der Waals surface area contributed by atoms with Gasteiger partial charge in [-0.2, -0.15) is 5.10 Å². The van der Waals surface area contributed by atoms with Gasteiger partial charge in [0, 0.05) is 19.2 Å². The van der Waals surface area contributed by atoms with Crippen molar-refractivity contribution in [1.29, 1.82) is 0 Å². The molecule has 0 saturated carbocycles. The monoisotopic (exact) mass is 345 g/mol. The van der Waals surface area contributed by atoms with Crippen molar-refractivity contribution in [2.75, 3.05) is 23.3 Å². The van der Waals surface area contributed by atoms with Crippen molar-refractivity contribution in [2.45, 2.75) is 12.3 Å². The third kappa shape index (κ3) is 2.97. The molecule has 0 radical (unpaired) electrons. The van der Waals surface area contributed by atoms with Gasteiger partial charge in [-0.05, 0) is 24.3 Å². The highest BCUT2D eigenvalue weighted by atomic mass is 19.3. The van der Waals surface area contributed by atoms with Gasteiger partial charge in [-0.1, -0.05) is 0 Å². The Morgan fingerprint density at radius 3 is 2.88 bits per heavy atom. The molecular weight excluding hydrogens is 332 g/mol. The number of rotatable bonds is 3. The molecule has 0 unspecified atom stereocenters. The molecule has 3 aromatic rings. The molecule has 8 nitrogen and oxygen atoms in total. The van der Waals surface area contributed by atoms with Gasteiger partial charge in [-0.15, -0.1) is 10.2 Å². The molecule has 1 aliphatic heterocycles. The smallest absolute Gasteiger partial charge is 0.277 e. The molecule has 1 N–H and O–H groups in total. The zero-order valence-corrected chi connectivity index (χ0v) is 12.9. The van der Waals surface area contributed by atoms with E-state index in [0.717, 1.165) is 0 Å². The Hall–Kier alpha value is -3.17. The number of halogens is 2. The van der Waals surface area contributed by atoms with E-state index in [1.54, 1.807) is 24.3 Å².